The van der Waals surface area contributed by atoms with E-state index in [2.05, 4.69) is 24.2 Å². The molecule has 27 heavy (non-hydrogen) atoms. The fraction of sp³-hybridized carbons (Fsp3) is 0.550. The van der Waals surface area contributed by atoms with Crippen LogP contribution >= 0.6 is 11.6 Å². The topological polar surface area (TPSA) is 60.7 Å². The second-order valence-electron chi connectivity index (χ2n) is 7.98. The number of aliphatic carboxylic acids is 1. The SMILES string of the molecule is CCCOC(C(=O)O)C(Cl)c1ccc2c(ccn2COCC[Si](C)(C)C)c1. The maximum Gasteiger partial charge on any atom is 0.334 e. The van der Waals surface area contributed by atoms with Crippen molar-refractivity contribution in [2.75, 3.05) is 13.2 Å². The number of aromatic nitrogens is 1. The van der Waals surface area contributed by atoms with Crippen LogP contribution < -0.4 is 0 Å². The Morgan fingerprint density at radius 2 is 2.00 bits per heavy atom. The van der Waals surface area contributed by atoms with Crippen LogP contribution in [0.25, 0.3) is 10.9 Å². The number of hydrogen-bond acceptors (Lipinski definition) is 3. The van der Waals surface area contributed by atoms with E-state index in [1.54, 1.807) is 0 Å². The second-order valence-corrected chi connectivity index (χ2v) is 14.1. The summed E-state index contributed by atoms with van der Waals surface area (Å²) in [6, 6.07) is 8.88. The third-order valence-corrected chi connectivity index (χ3v) is 6.54. The van der Waals surface area contributed by atoms with E-state index in [9.17, 15) is 9.90 Å². The molecule has 1 heterocycles. The van der Waals surface area contributed by atoms with Crippen molar-refractivity contribution in [3.8, 4) is 0 Å². The Hall–Kier alpha value is -1.34. The number of alkyl halides is 1. The molecule has 0 radical (unpaired) electrons. The summed E-state index contributed by atoms with van der Waals surface area (Å²) in [4.78, 5) is 11.5. The Morgan fingerprint density at radius 1 is 1.26 bits per heavy atom. The summed E-state index contributed by atoms with van der Waals surface area (Å²) in [5.41, 5.74) is 1.78. The van der Waals surface area contributed by atoms with E-state index in [0.717, 1.165) is 35.5 Å². The number of ether oxygens (including phenoxy) is 2. The first kappa shape index (κ1) is 22.0. The van der Waals surface area contributed by atoms with Crippen molar-refractivity contribution in [2.24, 2.45) is 0 Å². The van der Waals surface area contributed by atoms with E-state index >= 15 is 0 Å². The summed E-state index contributed by atoms with van der Waals surface area (Å²) in [6.07, 6.45) is 1.66. The van der Waals surface area contributed by atoms with Crippen molar-refractivity contribution < 1.29 is 19.4 Å². The van der Waals surface area contributed by atoms with E-state index in [1.807, 2.05) is 37.4 Å². The number of carbonyl (C=O) groups is 1. The Labute approximate surface area is 167 Å². The van der Waals surface area contributed by atoms with Gasteiger partial charge in [-0.1, -0.05) is 32.6 Å². The lowest BCUT2D eigenvalue weighted by Crippen LogP contribution is -2.28. The number of carboxylic acids is 1. The average molecular weight is 412 g/mol. The molecule has 0 aliphatic carbocycles. The molecule has 1 N–H and O–H groups in total. The van der Waals surface area contributed by atoms with Crippen LogP contribution in [0.2, 0.25) is 25.7 Å². The standard InChI is InChI=1S/C20H30ClNO4Si/c1-5-10-26-19(20(23)24)18(21)16-6-7-17-15(13-16)8-9-22(17)14-25-11-12-27(2,3)4/h6-9,13,18-19H,5,10-12,14H2,1-4H3,(H,23,24). The molecule has 0 fully saturated rings. The third kappa shape index (κ3) is 6.35. The van der Waals surface area contributed by atoms with E-state index in [-0.39, 0.29) is 0 Å². The van der Waals surface area contributed by atoms with Gasteiger partial charge in [-0.2, -0.15) is 0 Å². The maximum absolute atomic E-state index is 11.5. The van der Waals surface area contributed by atoms with Gasteiger partial charge in [-0.05, 0) is 41.6 Å². The summed E-state index contributed by atoms with van der Waals surface area (Å²) >= 11 is 6.42. The highest BCUT2D eigenvalue weighted by molar-refractivity contribution is 6.76. The summed E-state index contributed by atoms with van der Waals surface area (Å²) in [6.45, 7) is 10.6. The molecule has 2 atom stereocenters. The van der Waals surface area contributed by atoms with Gasteiger partial charge in [-0.15, -0.1) is 11.6 Å². The van der Waals surface area contributed by atoms with Crippen LogP contribution in [0.5, 0.6) is 0 Å². The summed E-state index contributed by atoms with van der Waals surface area (Å²) in [5.74, 6) is -1.04. The van der Waals surface area contributed by atoms with Gasteiger partial charge in [0.25, 0.3) is 0 Å². The van der Waals surface area contributed by atoms with Crippen LogP contribution in [0.4, 0.5) is 0 Å². The van der Waals surface area contributed by atoms with Crippen molar-refractivity contribution in [1.82, 2.24) is 4.57 Å². The van der Waals surface area contributed by atoms with Crippen LogP contribution in [-0.4, -0.2) is 43.0 Å². The molecule has 0 saturated heterocycles. The molecule has 1 aromatic carbocycles. The van der Waals surface area contributed by atoms with Crippen LogP contribution in [0, 0.1) is 0 Å². The molecule has 2 rings (SSSR count). The van der Waals surface area contributed by atoms with E-state index < -0.39 is 25.5 Å². The van der Waals surface area contributed by atoms with Gasteiger partial charge in [0.1, 0.15) is 6.73 Å². The highest BCUT2D eigenvalue weighted by Gasteiger charge is 2.28. The Bertz CT molecular complexity index is 756. The zero-order valence-electron chi connectivity index (χ0n) is 16.6. The lowest BCUT2D eigenvalue weighted by Gasteiger charge is -2.19. The monoisotopic (exact) mass is 411 g/mol. The Kier molecular flexibility index (Phi) is 7.91. The van der Waals surface area contributed by atoms with Gasteiger partial charge >= 0.3 is 5.97 Å². The molecular weight excluding hydrogens is 382 g/mol. The minimum Gasteiger partial charge on any atom is -0.479 e. The number of halogens is 1. The summed E-state index contributed by atoms with van der Waals surface area (Å²) in [5, 5.41) is 9.66. The Morgan fingerprint density at radius 3 is 2.63 bits per heavy atom. The molecule has 2 unspecified atom stereocenters. The molecule has 150 valence electrons. The smallest absolute Gasteiger partial charge is 0.334 e. The van der Waals surface area contributed by atoms with Gasteiger partial charge in [0.15, 0.2) is 6.10 Å². The average Bonchev–Trinajstić information content (AvgIpc) is 3.00. The van der Waals surface area contributed by atoms with Gasteiger partial charge in [-0.25, -0.2) is 4.79 Å². The Balaban J connectivity index is 2.08. The normalized spacial score (nSPS) is 14.4. The van der Waals surface area contributed by atoms with E-state index in [4.69, 9.17) is 21.1 Å². The van der Waals surface area contributed by atoms with Crippen molar-refractivity contribution in [2.45, 2.75) is 57.2 Å². The molecule has 7 heteroatoms. The zero-order chi connectivity index (χ0) is 20.0. The summed E-state index contributed by atoms with van der Waals surface area (Å²) < 4.78 is 13.3. The van der Waals surface area contributed by atoms with Crippen molar-refractivity contribution in [3.63, 3.8) is 0 Å². The molecule has 0 spiro atoms. The summed E-state index contributed by atoms with van der Waals surface area (Å²) in [7, 11) is -1.09. The number of benzene rings is 1. The van der Waals surface area contributed by atoms with Crippen LogP contribution in [0.3, 0.4) is 0 Å². The molecule has 0 aliphatic rings. The van der Waals surface area contributed by atoms with Gasteiger partial charge in [0.05, 0.1) is 5.38 Å². The van der Waals surface area contributed by atoms with E-state index in [0.29, 0.717) is 13.3 Å². The lowest BCUT2D eigenvalue weighted by molar-refractivity contribution is -0.150. The number of nitrogens with zero attached hydrogens (tertiary/aromatic N) is 1. The van der Waals surface area contributed by atoms with Crippen LogP contribution in [0.1, 0.15) is 24.3 Å². The number of rotatable bonds is 11. The fourth-order valence-corrected chi connectivity index (χ4v) is 3.82. The molecule has 0 aliphatic heterocycles. The predicted molar refractivity (Wildman–Crippen MR) is 112 cm³/mol. The first-order valence-electron chi connectivity index (χ1n) is 9.38. The van der Waals surface area contributed by atoms with Gasteiger partial charge < -0.3 is 19.1 Å². The van der Waals surface area contributed by atoms with Crippen molar-refractivity contribution in [1.29, 1.82) is 0 Å². The lowest BCUT2D eigenvalue weighted by atomic mass is 10.1. The predicted octanol–water partition coefficient (Wildman–Crippen LogP) is 5.11. The minimum atomic E-state index is -1.09. The second kappa shape index (κ2) is 9.73. The molecule has 1 aromatic heterocycles. The molecule has 2 aromatic rings. The molecule has 0 amide bonds. The minimum absolute atomic E-state index is 0.369. The van der Waals surface area contributed by atoms with Crippen LogP contribution in [-0.2, 0) is 21.0 Å². The highest BCUT2D eigenvalue weighted by atomic mass is 35.5. The van der Waals surface area contributed by atoms with Crippen LogP contribution in [0.15, 0.2) is 30.5 Å². The zero-order valence-corrected chi connectivity index (χ0v) is 18.3. The first-order chi connectivity index (χ1) is 12.7. The molecule has 0 bridgehead atoms. The number of carboxylic acid groups (broad SMARTS) is 1. The first-order valence-corrected chi connectivity index (χ1v) is 13.5. The molecule has 0 saturated carbocycles. The number of fused-ring (bicyclic) bond motifs is 1. The largest absolute Gasteiger partial charge is 0.479 e. The third-order valence-electron chi connectivity index (χ3n) is 4.35. The highest BCUT2D eigenvalue weighted by Crippen LogP contribution is 2.30. The maximum atomic E-state index is 11.5. The van der Waals surface area contributed by atoms with Gasteiger partial charge in [0, 0.05) is 33.0 Å². The number of hydrogen-bond donors (Lipinski definition) is 1. The quantitative estimate of drug-likeness (QED) is 0.317. The fourth-order valence-electron chi connectivity index (χ4n) is 2.74. The molecule has 5 nitrogen and oxygen atoms in total. The van der Waals surface area contributed by atoms with Crippen molar-refractivity contribution >= 4 is 36.5 Å². The molecular formula is C20H30ClNO4Si. The van der Waals surface area contributed by atoms with Gasteiger partial charge in [0.2, 0.25) is 0 Å². The van der Waals surface area contributed by atoms with Crippen molar-refractivity contribution in [3.05, 3.63) is 36.0 Å². The van der Waals surface area contributed by atoms with Gasteiger partial charge in [-0.3, -0.25) is 0 Å². The van der Waals surface area contributed by atoms with E-state index in [1.165, 1.54) is 0 Å².